The zero-order chi connectivity index (χ0) is 17.8. The Kier molecular flexibility index (Phi) is 4.87. The highest BCUT2D eigenvalue weighted by Gasteiger charge is 2.19. The van der Waals surface area contributed by atoms with E-state index in [0.29, 0.717) is 23.3 Å². The molecule has 2 heterocycles. The van der Waals surface area contributed by atoms with Gasteiger partial charge in [0.05, 0.1) is 35.5 Å². The second-order valence-electron chi connectivity index (χ2n) is 5.73. The van der Waals surface area contributed by atoms with E-state index in [0.717, 1.165) is 10.9 Å². The Hall–Kier alpha value is -3.04. The monoisotopic (exact) mass is 338 g/mol. The molecule has 3 aromatic rings. The Balaban J connectivity index is 2.04. The Bertz CT molecular complexity index is 953. The molecule has 0 aliphatic heterocycles. The topological polar surface area (TPSA) is 84.0 Å². The average molecular weight is 338 g/mol. The molecule has 0 fully saturated rings. The van der Waals surface area contributed by atoms with E-state index in [1.165, 1.54) is 0 Å². The van der Waals surface area contributed by atoms with Gasteiger partial charge >= 0.3 is 5.97 Å². The van der Waals surface area contributed by atoms with Crippen LogP contribution >= 0.6 is 0 Å². The molecule has 0 saturated carbocycles. The number of carbonyl (C=O) groups excluding carboxylic acids is 1. The van der Waals surface area contributed by atoms with Crippen molar-refractivity contribution in [2.24, 2.45) is 0 Å². The Morgan fingerprint density at radius 3 is 2.84 bits per heavy atom. The molecule has 0 saturated heterocycles. The van der Waals surface area contributed by atoms with Crippen LogP contribution in [0.5, 0.6) is 5.75 Å². The molecule has 0 radical (unpaired) electrons. The van der Waals surface area contributed by atoms with Crippen LogP contribution in [0.3, 0.4) is 0 Å². The summed E-state index contributed by atoms with van der Waals surface area (Å²) in [6.45, 7) is 1.77. The number of ether oxygens (including phenoxy) is 2. The molecular weight excluding hydrogens is 320 g/mol. The van der Waals surface area contributed by atoms with Gasteiger partial charge in [-0.1, -0.05) is 18.2 Å². The smallest absolute Gasteiger partial charge is 0.340 e. The number of para-hydroxylation sites is 1. The maximum atomic E-state index is 12.6. The van der Waals surface area contributed by atoms with Crippen LogP contribution in [0.25, 0.3) is 16.4 Å². The van der Waals surface area contributed by atoms with Gasteiger partial charge in [0.15, 0.2) is 6.61 Å². The minimum absolute atomic E-state index is 0.0427. The van der Waals surface area contributed by atoms with E-state index < -0.39 is 12.1 Å². The maximum Gasteiger partial charge on any atom is 0.340 e. The molecule has 1 N–H and O–H groups in total. The highest BCUT2D eigenvalue weighted by molar-refractivity contribution is 6.11. The van der Waals surface area contributed by atoms with E-state index in [4.69, 9.17) is 14.7 Å². The molecule has 6 heteroatoms. The minimum Gasteiger partial charge on any atom is -0.477 e. The van der Waals surface area contributed by atoms with E-state index in [-0.39, 0.29) is 13.2 Å². The summed E-state index contributed by atoms with van der Waals surface area (Å²) < 4.78 is 12.5. The van der Waals surface area contributed by atoms with Crippen molar-refractivity contribution in [3.05, 3.63) is 48.2 Å². The number of benzene rings is 1. The molecule has 25 heavy (non-hydrogen) atoms. The molecule has 0 spiro atoms. The largest absolute Gasteiger partial charge is 0.477 e. The van der Waals surface area contributed by atoms with Crippen LogP contribution in [0.15, 0.2) is 42.6 Å². The van der Waals surface area contributed by atoms with Crippen molar-refractivity contribution in [3.63, 3.8) is 0 Å². The Morgan fingerprint density at radius 2 is 2.08 bits per heavy atom. The van der Waals surface area contributed by atoms with Gasteiger partial charge in [-0.2, -0.15) is 5.26 Å². The summed E-state index contributed by atoms with van der Waals surface area (Å²) in [6.07, 6.45) is 1.62. The predicted octanol–water partition coefficient (Wildman–Crippen LogP) is 2.92. The predicted molar refractivity (Wildman–Crippen MR) is 92.6 cm³/mol. The second-order valence-corrected chi connectivity index (χ2v) is 5.73. The number of pyridine rings is 1. The van der Waals surface area contributed by atoms with E-state index in [1.54, 1.807) is 25.3 Å². The molecule has 0 bridgehead atoms. The first-order valence-corrected chi connectivity index (χ1v) is 7.99. The molecule has 1 unspecified atom stereocenters. The van der Waals surface area contributed by atoms with Crippen LogP contribution in [-0.2, 0) is 4.74 Å². The zero-order valence-corrected chi connectivity index (χ0v) is 13.8. The molecular formula is C19H18N2O4. The molecule has 0 aliphatic carbocycles. The van der Waals surface area contributed by atoms with Gasteiger partial charge in [-0.25, -0.2) is 4.79 Å². The number of aliphatic hydroxyl groups is 1. The van der Waals surface area contributed by atoms with Crippen molar-refractivity contribution < 1.29 is 19.4 Å². The number of rotatable bonds is 6. The van der Waals surface area contributed by atoms with E-state index in [9.17, 15) is 9.90 Å². The lowest BCUT2D eigenvalue weighted by Gasteiger charge is -2.07. The summed E-state index contributed by atoms with van der Waals surface area (Å²) in [4.78, 5) is 12.6. The number of nitriles is 1. The van der Waals surface area contributed by atoms with Gasteiger partial charge in [0.25, 0.3) is 0 Å². The maximum absolute atomic E-state index is 12.6. The van der Waals surface area contributed by atoms with E-state index >= 15 is 0 Å². The first kappa shape index (κ1) is 16.8. The zero-order valence-electron chi connectivity index (χ0n) is 13.8. The third-order valence-electron chi connectivity index (χ3n) is 3.89. The van der Waals surface area contributed by atoms with Crippen LogP contribution in [0.2, 0.25) is 0 Å². The molecule has 2 aromatic heterocycles. The normalized spacial score (nSPS) is 12.0. The fraction of sp³-hybridized carbons (Fsp3) is 0.263. The van der Waals surface area contributed by atoms with Gasteiger partial charge in [-0.05, 0) is 25.1 Å². The SMILES string of the molecule is CC(O)CCOC(=O)c1c2ccccc2n2cc(OCC#N)ccc12. The van der Waals surface area contributed by atoms with Gasteiger partial charge in [0, 0.05) is 11.8 Å². The van der Waals surface area contributed by atoms with E-state index in [1.807, 2.05) is 34.7 Å². The van der Waals surface area contributed by atoms with Crippen LogP contribution in [0, 0.1) is 11.3 Å². The number of aliphatic hydroxyl groups excluding tert-OH is 1. The molecule has 0 aliphatic rings. The molecule has 1 aromatic carbocycles. The van der Waals surface area contributed by atoms with Gasteiger partial charge in [-0.15, -0.1) is 0 Å². The number of fused-ring (bicyclic) bond motifs is 3. The van der Waals surface area contributed by atoms with Crippen molar-refractivity contribution >= 4 is 22.4 Å². The first-order chi connectivity index (χ1) is 12.1. The number of hydrogen-bond acceptors (Lipinski definition) is 5. The Labute approximate surface area is 144 Å². The number of nitrogens with zero attached hydrogens (tertiary/aromatic N) is 2. The lowest BCUT2D eigenvalue weighted by atomic mass is 10.1. The number of carbonyl (C=O) groups is 1. The van der Waals surface area contributed by atoms with Gasteiger partial charge < -0.3 is 19.0 Å². The van der Waals surface area contributed by atoms with Gasteiger partial charge in [-0.3, -0.25) is 0 Å². The highest BCUT2D eigenvalue weighted by Crippen LogP contribution is 2.29. The third-order valence-corrected chi connectivity index (χ3v) is 3.89. The molecule has 128 valence electrons. The van der Waals surface area contributed by atoms with Crippen molar-refractivity contribution in [2.45, 2.75) is 19.4 Å². The van der Waals surface area contributed by atoms with Crippen molar-refractivity contribution in [1.82, 2.24) is 4.40 Å². The van der Waals surface area contributed by atoms with Crippen LogP contribution in [0.4, 0.5) is 0 Å². The summed E-state index contributed by atoms with van der Waals surface area (Å²) in [5.74, 6) is 0.119. The summed E-state index contributed by atoms with van der Waals surface area (Å²) in [5, 5.41) is 18.7. The van der Waals surface area contributed by atoms with E-state index in [2.05, 4.69) is 0 Å². The third kappa shape index (κ3) is 3.42. The lowest BCUT2D eigenvalue weighted by molar-refractivity contribution is 0.0448. The quantitative estimate of drug-likeness (QED) is 0.699. The summed E-state index contributed by atoms with van der Waals surface area (Å²) in [5.41, 5.74) is 2.03. The fourth-order valence-electron chi connectivity index (χ4n) is 2.73. The summed E-state index contributed by atoms with van der Waals surface area (Å²) in [7, 11) is 0. The summed E-state index contributed by atoms with van der Waals surface area (Å²) in [6, 6.07) is 12.9. The van der Waals surface area contributed by atoms with Crippen LogP contribution in [0.1, 0.15) is 23.7 Å². The first-order valence-electron chi connectivity index (χ1n) is 7.99. The highest BCUT2D eigenvalue weighted by atomic mass is 16.5. The fourth-order valence-corrected chi connectivity index (χ4v) is 2.73. The lowest BCUT2D eigenvalue weighted by Crippen LogP contribution is -2.11. The second kappa shape index (κ2) is 7.24. The Morgan fingerprint density at radius 1 is 1.28 bits per heavy atom. The average Bonchev–Trinajstić information content (AvgIpc) is 2.93. The number of hydrogen-bond donors (Lipinski definition) is 1. The van der Waals surface area contributed by atoms with Gasteiger partial charge in [0.1, 0.15) is 11.8 Å². The van der Waals surface area contributed by atoms with Crippen molar-refractivity contribution in [2.75, 3.05) is 13.2 Å². The summed E-state index contributed by atoms with van der Waals surface area (Å²) >= 11 is 0. The number of aromatic nitrogens is 1. The molecule has 0 amide bonds. The standard InChI is InChI=1S/C19H18N2O4/c1-13(22)8-10-25-19(23)18-15-4-2-3-5-16(15)21-12-14(24-11-9-20)6-7-17(18)21/h2-7,12-13,22H,8,10-11H2,1H3. The number of esters is 1. The molecule has 1 atom stereocenters. The van der Waals surface area contributed by atoms with Crippen LogP contribution < -0.4 is 4.74 Å². The van der Waals surface area contributed by atoms with Crippen molar-refractivity contribution in [1.29, 1.82) is 5.26 Å². The molecule has 3 rings (SSSR count). The van der Waals surface area contributed by atoms with Crippen molar-refractivity contribution in [3.8, 4) is 11.8 Å². The molecule has 6 nitrogen and oxygen atoms in total. The van der Waals surface area contributed by atoms with Gasteiger partial charge in [0.2, 0.25) is 0 Å². The van der Waals surface area contributed by atoms with Crippen LogP contribution in [-0.4, -0.2) is 34.8 Å². The minimum atomic E-state index is -0.518.